The molecule has 0 spiro atoms. The molecule has 0 N–H and O–H groups in total. The molecule has 1 unspecified atom stereocenters. The van der Waals surface area contributed by atoms with Gasteiger partial charge in [-0.1, -0.05) is 42.3 Å². The largest absolute Gasteiger partial charge is 0.467 e. The number of benzene rings is 2. The summed E-state index contributed by atoms with van der Waals surface area (Å²) in [4.78, 5) is 20.0. The molecule has 1 aliphatic heterocycles. The molecule has 1 atom stereocenters. The number of furan rings is 1. The summed E-state index contributed by atoms with van der Waals surface area (Å²) in [5.41, 5.74) is 0.987. The molecule has 2 aromatic heterocycles. The van der Waals surface area contributed by atoms with E-state index in [1.54, 1.807) is 40.9 Å². The Hall–Kier alpha value is -2.72. The van der Waals surface area contributed by atoms with Gasteiger partial charge in [0.25, 0.3) is 5.91 Å². The first-order valence-corrected chi connectivity index (χ1v) is 14.5. The molecule has 1 aliphatic rings. The maximum atomic E-state index is 13.7. The molecule has 188 valence electrons. The van der Waals surface area contributed by atoms with E-state index in [0.29, 0.717) is 33.5 Å². The molecule has 7 nitrogen and oxygen atoms in total. The summed E-state index contributed by atoms with van der Waals surface area (Å²) in [6, 6.07) is 15.2. The van der Waals surface area contributed by atoms with Crippen molar-refractivity contribution >= 4 is 54.2 Å². The first-order chi connectivity index (χ1) is 17.4. The molecule has 10 heteroatoms. The standard InChI is InChI=1S/C26H26ClN3O4S2/c1-2-19-7-3-4-15-30(19)36(32,33)21-13-11-18(12-14-21)25(31)29(17-20-8-6-16-34-20)26-28-24-22(27)9-5-10-23(24)35-26/h5-6,8-14,16,19H,2-4,7,15,17H2,1H3. The summed E-state index contributed by atoms with van der Waals surface area (Å²) in [5.74, 6) is 0.290. The fourth-order valence-corrected chi connectivity index (χ4v) is 7.59. The number of fused-ring (bicyclic) bond motifs is 1. The van der Waals surface area contributed by atoms with E-state index in [2.05, 4.69) is 4.98 Å². The number of sulfonamides is 1. The summed E-state index contributed by atoms with van der Waals surface area (Å²) in [7, 11) is -3.63. The van der Waals surface area contributed by atoms with Gasteiger partial charge in [-0.15, -0.1) is 0 Å². The van der Waals surface area contributed by atoms with Crippen LogP contribution >= 0.6 is 22.9 Å². The lowest BCUT2D eigenvalue weighted by molar-refractivity contribution is 0.0983. The number of piperidine rings is 1. The van der Waals surface area contributed by atoms with Crippen LogP contribution in [0.4, 0.5) is 5.13 Å². The molecule has 4 aromatic rings. The van der Waals surface area contributed by atoms with E-state index in [4.69, 9.17) is 16.0 Å². The molecule has 2 aromatic carbocycles. The summed E-state index contributed by atoms with van der Waals surface area (Å²) >= 11 is 7.68. The lowest BCUT2D eigenvalue weighted by Crippen LogP contribution is -2.43. The van der Waals surface area contributed by atoms with Crippen LogP contribution in [-0.2, 0) is 16.6 Å². The van der Waals surface area contributed by atoms with E-state index in [1.807, 2.05) is 19.1 Å². The van der Waals surface area contributed by atoms with E-state index >= 15 is 0 Å². The van der Waals surface area contributed by atoms with Crippen LogP contribution in [-0.4, -0.2) is 36.2 Å². The van der Waals surface area contributed by atoms with Gasteiger partial charge in [0.05, 0.1) is 27.4 Å². The fourth-order valence-electron chi connectivity index (χ4n) is 4.56. The highest BCUT2D eigenvalue weighted by Crippen LogP contribution is 2.34. The lowest BCUT2D eigenvalue weighted by atomic mass is 10.0. The van der Waals surface area contributed by atoms with Crippen LogP contribution in [0.25, 0.3) is 10.2 Å². The number of hydrogen-bond acceptors (Lipinski definition) is 6. The Bertz CT molecular complexity index is 1470. The average molecular weight is 544 g/mol. The maximum Gasteiger partial charge on any atom is 0.260 e. The summed E-state index contributed by atoms with van der Waals surface area (Å²) in [5, 5.41) is 0.994. The molecule has 0 aliphatic carbocycles. The number of nitrogens with zero attached hydrogens (tertiary/aromatic N) is 3. The van der Waals surface area contributed by atoms with Crippen LogP contribution in [0.1, 0.15) is 48.7 Å². The number of halogens is 1. The molecule has 1 amide bonds. The lowest BCUT2D eigenvalue weighted by Gasteiger charge is -2.34. The first kappa shape index (κ1) is 25.0. The van der Waals surface area contributed by atoms with Crippen LogP contribution in [0.2, 0.25) is 5.02 Å². The summed E-state index contributed by atoms with van der Waals surface area (Å²) in [6.45, 7) is 2.72. The molecular formula is C26H26ClN3O4S2. The van der Waals surface area contributed by atoms with Crippen molar-refractivity contribution in [3.8, 4) is 0 Å². The van der Waals surface area contributed by atoms with Crippen LogP contribution in [0.3, 0.4) is 0 Å². The fraction of sp³-hybridized carbons (Fsp3) is 0.308. The minimum absolute atomic E-state index is 0.0136. The predicted octanol–water partition coefficient (Wildman–Crippen LogP) is 6.34. The third-order valence-electron chi connectivity index (χ3n) is 6.48. The molecule has 3 heterocycles. The van der Waals surface area contributed by atoms with Gasteiger partial charge >= 0.3 is 0 Å². The zero-order valence-corrected chi connectivity index (χ0v) is 22.2. The Labute approximate surface area is 219 Å². The smallest absolute Gasteiger partial charge is 0.260 e. The van der Waals surface area contributed by atoms with E-state index in [0.717, 1.165) is 30.4 Å². The van der Waals surface area contributed by atoms with Crippen LogP contribution in [0.5, 0.6) is 0 Å². The van der Waals surface area contributed by atoms with Crippen LogP contribution in [0, 0.1) is 0 Å². The predicted molar refractivity (Wildman–Crippen MR) is 142 cm³/mol. The van der Waals surface area contributed by atoms with Gasteiger partial charge in [-0.25, -0.2) is 13.4 Å². The van der Waals surface area contributed by atoms with Gasteiger partial charge in [0.2, 0.25) is 10.0 Å². The number of para-hydroxylation sites is 1. The Morgan fingerprint density at radius 3 is 2.67 bits per heavy atom. The van der Waals surface area contributed by atoms with E-state index in [-0.39, 0.29) is 23.4 Å². The monoisotopic (exact) mass is 543 g/mol. The Kier molecular flexibility index (Phi) is 7.16. The number of hydrogen-bond donors (Lipinski definition) is 0. The molecular weight excluding hydrogens is 518 g/mol. The normalized spacial score (nSPS) is 16.9. The van der Waals surface area contributed by atoms with Gasteiger partial charge in [0, 0.05) is 18.2 Å². The van der Waals surface area contributed by atoms with E-state index in [1.165, 1.54) is 28.4 Å². The second kappa shape index (κ2) is 10.3. The average Bonchev–Trinajstić information content (AvgIpc) is 3.57. The number of thiazole rings is 1. The molecule has 0 radical (unpaired) electrons. The number of rotatable bonds is 7. The van der Waals surface area contributed by atoms with Crippen molar-refractivity contribution in [1.82, 2.24) is 9.29 Å². The van der Waals surface area contributed by atoms with Gasteiger partial charge < -0.3 is 4.42 Å². The molecule has 5 rings (SSSR count). The molecule has 36 heavy (non-hydrogen) atoms. The molecule has 0 saturated carbocycles. The van der Waals surface area contributed by atoms with Crippen molar-refractivity contribution < 1.29 is 17.6 Å². The zero-order chi connectivity index (χ0) is 25.3. The topological polar surface area (TPSA) is 83.7 Å². The van der Waals surface area contributed by atoms with Crippen LogP contribution < -0.4 is 4.90 Å². The highest BCUT2D eigenvalue weighted by atomic mass is 35.5. The Morgan fingerprint density at radius 1 is 1.17 bits per heavy atom. The van der Waals surface area contributed by atoms with E-state index < -0.39 is 10.0 Å². The summed E-state index contributed by atoms with van der Waals surface area (Å²) in [6.07, 6.45) is 5.11. The second-order valence-corrected chi connectivity index (χ2v) is 12.1. The molecule has 0 bridgehead atoms. The van der Waals surface area contributed by atoms with Gasteiger partial charge in [0.1, 0.15) is 11.3 Å². The number of anilines is 1. The maximum absolute atomic E-state index is 13.7. The van der Waals surface area contributed by atoms with Gasteiger partial charge in [-0.2, -0.15) is 4.31 Å². The summed E-state index contributed by atoms with van der Waals surface area (Å²) < 4.78 is 34.6. The minimum atomic E-state index is -3.63. The van der Waals surface area contributed by atoms with Gasteiger partial charge in [0.15, 0.2) is 5.13 Å². The van der Waals surface area contributed by atoms with E-state index in [9.17, 15) is 13.2 Å². The van der Waals surface area contributed by atoms with Gasteiger partial charge in [-0.05, 0) is 67.8 Å². The molecule has 1 saturated heterocycles. The minimum Gasteiger partial charge on any atom is -0.467 e. The Balaban J connectivity index is 1.46. The van der Waals surface area contributed by atoms with Crippen molar-refractivity contribution in [3.05, 3.63) is 77.2 Å². The quantitative estimate of drug-likeness (QED) is 0.271. The van der Waals surface area contributed by atoms with Crippen LogP contribution in [0.15, 0.2) is 70.2 Å². The zero-order valence-electron chi connectivity index (χ0n) is 19.8. The number of amides is 1. The highest BCUT2D eigenvalue weighted by Gasteiger charge is 2.32. The number of aromatic nitrogens is 1. The first-order valence-electron chi connectivity index (χ1n) is 11.9. The van der Waals surface area contributed by atoms with Crippen molar-refractivity contribution in [1.29, 1.82) is 0 Å². The van der Waals surface area contributed by atoms with Crippen molar-refractivity contribution in [2.75, 3.05) is 11.4 Å². The van der Waals surface area contributed by atoms with Crippen molar-refractivity contribution in [2.45, 2.75) is 50.1 Å². The van der Waals surface area contributed by atoms with Crippen molar-refractivity contribution in [3.63, 3.8) is 0 Å². The number of carbonyl (C=O) groups is 1. The molecule has 1 fully saturated rings. The SMILES string of the molecule is CCC1CCCCN1S(=O)(=O)c1ccc(C(=O)N(Cc2ccco2)c2nc3c(Cl)cccc3s2)cc1. The third-order valence-corrected chi connectivity index (χ3v) is 9.80. The second-order valence-electron chi connectivity index (χ2n) is 8.75. The third kappa shape index (κ3) is 4.80. The van der Waals surface area contributed by atoms with Gasteiger partial charge in [-0.3, -0.25) is 9.69 Å². The van der Waals surface area contributed by atoms with Crippen molar-refractivity contribution in [2.24, 2.45) is 0 Å². The highest BCUT2D eigenvalue weighted by molar-refractivity contribution is 7.89. The Morgan fingerprint density at radius 2 is 1.97 bits per heavy atom. The number of carbonyl (C=O) groups excluding carboxylic acids is 1.